The Morgan fingerprint density at radius 1 is 1.23 bits per heavy atom. The van der Waals surface area contributed by atoms with Gasteiger partial charge in [-0.25, -0.2) is 22.6 Å². The topological polar surface area (TPSA) is 133 Å². The van der Waals surface area contributed by atoms with Crippen LogP contribution in [0.15, 0.2) is 60.0 Å². The summed E-state index contributed by atoms with van der Waals surface area (Å²) in [5.41, 5.74) is 1.92. The third-order valence-electron chi connectivity index (χ3n) is 7.52. The van der Waals surface area contributed by atoms with Gasteiger partial charge < -0.3 is 29.6 Å². The summed E-state index contributed by atoms with van der Waals surface area (Å²) in [6.07, 6.45) is 2.89. The summed E-state index contributed by atoms with van der Waals surface area (Å²) >= 11 is 0. The van der Waals surface area contributed by atoms with Crippen LogP contribution in [0.2, 0.25) is 0 Å². The molecule has 0 radical (unpaired) electrons. The highest BCUT2D eigenvalue weighted by atomic mass is 32.2. The second-order valence-corrected chi connectivity index (χ2v) is 11.9. The lowest BCUT2D eigenvalue weighted by molar-refractivity contribution is 0.0549. The number of anilines is 1. The van der Waals surface area contributed by atoms with E-state index in [4.69, 9.17) is 4.74 Å². The number of nitrogens with zero attached hydrogens (tertiary/aromatic N) is 4. The van der Waals surface area contributed by atoms with Gasteiger partial charge in [-0.15, -0.1) is 0 Å². The van der Waals surface area contributed by atoms with Gasteiger partial charge in [0.05, 0.1) is 26.1 Å². The number of hydrogen-bond acceptors (Lipinski definition) is 6. The molecule has 2 aromatic heterocycles. The van der Waals surface area contributed by atoms with E-state index in [1.54, 1.807) is 18.7 Å². The van der Waals surface area contributed by atoms with Crippen molar-refractivity contribution in [3.8, 4) is 5.75 Å². The molecule has 13 heteroatoms. The van der Waals surface area contributed by atoms with Crippen LogP contribution in [0.25, 0.3) is 10.9 Å². The summed E-state index contributed by atoms with van der Waals surface area (Å²) in [4.78, 5) is 22.4. The van der Waals surface area contributed by atoms with Crippen molar-refractivity contribution >= 4 is 32.6 Å². The minimum atomic E-state index is -3.85. The van der Waals surface area contributed by atoms with Gasteiger partial charge in [-0.05, 0) is 42.0 Å². The molecule has 4 heterocycles. The van der Waals surface area contributed by atoms with Crippen LogP contribution < -0.4 is 10.1 Å². The number of urea groups is 1. The fourth-order valence-electron chi connectivity index (χ4n) is 5.66. The number of nitrogens with one attached hydrogen (secondary N) is 2. The van der Waals surface area contributed by atoms with E-state index < -0.39 is 33.3 Å². The molecule has 0 bridgehead atoms. The molecular formula is C26H27FN6O5S. The van der Waals surface area contributed by atoms with Crippen molar-refractivity contribution in [2.24, 2.45) is 7.05 Å². The average Bonchev–Trinajstić information content (AvgIpc) is 3.51. The van der Waals surface area contributed by atoms with Crippen LogP contribution in [0, 0.1) is 5.82 Å². The molecule has 1 atom stereocenters. The molecule has 39 heavy (non-hydrogen) atoms. The number of aliphatic hydroxyl groups excluding tert-OH is 1. The fourth-order valence-corrected chi connectivity index (χ4v) is 7.24. The number of carbonyl (C=O) groups excluding carboxylic acids is 1. The summed E-state index contributed by atoms with van der Waals surface area (Å²) in [7, 11) is -0.585. The fraction of sp³-hybridized carbons (Fsp3) is 0.308. The first-order valence-electron chi connectivity index (χ1n) is 12.3. The molecule has 6 rings (SSSR count). The highest BCUT2D eigenvalue weighted by Crippen LogP contribution is 2.49. The van der Waals surface area contributed by atoms with Crippen molar-refractivity contribution in [1.82, 2.24) is 23.7 Å². The Balaban J connectivity index is 1.41. The van der Waals surface area contributed by atoms with Gasteiger partial charge in [-0.2, -0.15) is 4.31 Å². The maximum atomic E-state index is 13.5. The molecule has 2 amide bonds. The smallest absolute Gasteiger partial charge is 0.322 e. The largest absolute Gasteiger partial charge is 0.497 e. The first-order valence-corrected chi connectivity index (χ1v) is 13.7. The lowest BCUT2D eigenvalue weighted by Crippen LogP contribution is -2.68. The first-order chi connectivity index (χ1) is 18.6. The number of H-pyrrole nitrogens is 1. The number of aliphatic hydroxyl groups is 1. The van der Waals surface area contributed by atoms with Gasteiger partial charge in [0, 0.05) is 66.6 Å². The lowest BCUT2D eigenvalue weighted by atomic mass is 9.70. The summed E-state index contributed by atoms with van der Waals surface area (Å²) < 4.78 is 48.3. The van der Waals surface area contributed by atoms with Gasteiger partial charge in [0.25, 0.3) is 10.0 Å². The van der Waals surface area contributed by atoms with Crippen LogP contribution >= 0.6 is 0 Å². The maximum absolute atomic E-state index is 13.5. The van der Waals surface area contributed by atoms with Gasteiger partial charge in [-0.1, -0.05) is 0 Å². The summed E-state index contributed by atoms with van der Waals surface area (Å²) in [5, 5.41) is 14.0. The summed E-state index contributed by atoms with van der Waals surface area (Å²) in [5.74, 6) is 0.203. The Bertz CT molecular complexity index is 1680. The van der Waals surface area contributed by atoms with Crippen LogP contribution in [0.5, 0.6) is 5.75 Å². The molecule has 1 fully saturated rings. The van der Waals surface area contributed by atoms with E-state index in [0.717, 1.165) is 16.5 Å². The number of aromatic amines is 1. The number of ether oxygens (including phenoxy) is 1. The van der Waals surface area contributed by atoms with E-state index in [-0.39, 0.29) is 31.3 Å². The van der Waals surface area contributed by atoms with Crippen molar-refractivity contribution in [1.29, 1.82) is 0 Å². The Hall–Kier alpha value is -3.94. The van der Waals surface area contributed by atoms with Gasteiger partial charge in [0.15, 0.2) is 5.03 Å². The molecule has 2 aliphatic rings. The van der Waals surface area contributed by atoms with Crippen LogP contribution in [0.1, 0.15) is 17.3 Å². The Morgan fingerprint density at radius 3 is 2.62 bits per heavy atom. The van der Waals surface area contributed by atoms with Gasteiger partial charge in [0.2, 0.25) is 0 Å². The van der Waals surface area contributed by atoms with Crippen LogP contribution in [-0.4, -0.2) is 76.6 Å². The zero-order valence-electron chi connectivity index (χ0n) is 21.3. The third kappa shape index (κ3) is 4.04. The zero-order valence-corrected chi connectivity index (χ0v) is 22.1. The van der Waals surface area contributed by atoms with Crippen LogP contribution in [0.3, 0.4) is 0 Å². The molecule has 0 saturated carbocycles. The van der Waals surface area contributed by atoms with Crippen molar-refractivity contribution < 1.29 is 27.4 Å². The Labute approximate surface area is 223 Å². The predicted molar refractivity (Wildman–Crippen MR) is 140 cm³/mol. The number of sulfonamides is 1. The second-order valence-electron chi connectivity index (χ2n) is 10.0. The van der Waals surface area contributed by atoms with Gasteiger partial charge in [0.1, 0.15) is 11.6 Å². The number of aryl methyl sites for hydroxylation is 1. The molecule has 0 aliphatic carbocycles. The molecule has 2 aromatic carbocycles. The lowest BCUT2D eigenvalue weighted by Gasteiger charge is -2.55. The number of aromatic nitrogens is 3. The second kappa shape index (κ2) is 9.07. The number of rotatable bonds is 5. The SMILES string of the molecule is COc1ccc2c3c([nH]c2c1)[C@@H](CO)N(C(=O)Nc1ccc(F)cc1)CC31CN(S(=O)(=O)c2cn(C)cn2)C1. The van der Waals surface area contributed by atoms with Gasteiger partial charge in [-0.3, -0.25) is 0 Å². The molecule has 3 N–H and O–H groups in total. The summed E-state index contributed by atoms with van der Waals surface area (Å²) in [6.45, 7) is 0.0397. The van der Waals surface area contributed by atoms with Crippen LogP contribution in [-0.2, 0) is 22.5 Å². The molecule has 2 aliphatic heterocycles. The molecule has 1 saturated heterocycles. The zero-order chi connectivity index (χ0) is 27.5. The number of benzene rings is 2. The molecule has 4 aromatic rings. The Morgan fingerprint density at radius 2 is 1.97 bits per heavy atom. The number of fused-ring (bicyclic) bond motifs is 4. The number of imidazole rings is 1. The molecular weight excluding hydrogens is 527 g/mol. The quantitative estimate of drug-likeness (QED) is 0.347. The number of methoxy groups -OCH3 is 1. The molecule has 1 spiro atoms. The average molecular weight is 555 g/mol. The van der Waals surface area contributed by atoms with E-state index in [1.165, 1.54) is 46.0 Å². The summed E-state index contributed by atoms with van der Waals surface area (Å²) in [6, 6.07) is 9.74. The van der Waals surface area contributed by atoms with Crippen molar-refractivity contribution in [3.63, 3.8) is 0 Å². The van der Waals surface area contributed by atoms with E-state index in [2.05, 4.69) is 15.3 Å². The molecule has 11 nitrogen and oxygen atoms in total. The standard InChI is InChI=1S/C26H27FN6O5S/c1-31-10-22(28-15-31)39(36,37)32-12-26(13-32)14-33(25(35)29-17-5-3-16(27)4-6-17)21(11-34)24-23(26)19-8-7-18(38-2)9-20(19)30-24/h3-10,15,21,30,34H,11-14H2,1-2H3,(H,29,35)/t21-/m1/s1. The molecule has 0 unspecified atom stereocenters. The van der Waals surface area contributed by atoms with E-state index in [1.807, 2.05) is 18.2 Å². The normalized spacial score (nSPS) is 18.7. The number of hydrogen-bond donors (Lipinski definition) is 3. The minimum absolute atomic E-state index is 0.0429. The first kappa shape index (κ1) is 25.3. The highest BCUT2D eigenvalue weighted by molar-refractivity contribution is 7.89. The van der Waals surface area contributed by atoms with Crippen LogP contribution in [0.4, 0.5) is 14.9 Å². The van der Waals surface area contributed by atoms with Gasteiger partial charge >= 0.3 is 6.03 Å². The minimum Gasteiger partial charge on any atom is -0.497 e. The van der Waals surface area contributed by atoms with Crippen molar-refractivity contribution in [2.75, 3.05) is 38.7 Å². The number of carbonyl (C=O) groups is 1. The Kier molecular flexibility index (Phi) is 5.90. The van der Waals surface area contributed by atoms with E-state index in [9.17, 15) is 22.7 Å². The number of amides is 2. The van der Waals surface area contributed by atoms with E-state index in [0.29, 0.717) is 17.1 Å². The van der Waals surface area contributed by atoms with Crippen molar-refractivity contribution in [2.45, 2.75) is 16.5 Å². The predicted octanol–water partition coefficient (Wildman–Crippen LogP) is 2.57. The molecule has 204 valence electrons. The van der Waals surface area contributed by atoms with E-state index >= 15 is 0 Å². The number of halogens is 1. The monoisotopic (exact) mass is 554 g/mol. The third-order valence-corrected chi connectivity index (χ3v) is 9.20. The highest BCUT2D eigenvalue weighted by Gasteiger charge is 2.57. The maximum Gasteiger partial charge on any atom is 0.322 e. The van der Waals surface area contributed by atoms with Crippen molar-refractivity contribution in [3.05, 3.63) is 72.1 Å².